The van der Waals surface area contributed by atoms with E-state index in [1.807, 2.05) is 27.7 Å². The van der Waals surface area contributed by atoms with Gasteiger partial charge in [-0.3, -0.25) is 4.79 Å². The molecule has 2 unspecified atom stereocenters. The van der Waals surface area contributed by atoms with Crippen molar-refractivity contribution in [1.29, 1.82) is 0 Å². The lowest BCUT2D eigenvalue weighted by atomic mass is 9.64. The van der Waals surface area contributed by atoms with E-state index in [1.165, 1.54) is 6.07 Å². The molecule has 5 heteroatoms. The minimum absolute atomic E-state index is 0.145. The predicted octanol–water partition coefficient (Wildman–Crippen LogP) is 1.46. The molecule has 1 saturated carbocycles. The van der Waals surface area contributed by atoms with Gasteiger partial charge >= 0.3 is 0 Å². The molecule has 0 spiro atoms. The van der Waals surface area contributed by atoms with Gasteiger partial charge in [0.1, 0.15) is 11.6 Å². The van der Waals surface area contributed by atoms with Gasteiger partial charge in [-0.15, -0.1) is 0 Å². The largest absolute Gasteiger partial charge is 0.392 e. The quantitative estimate of drug-likeness (QED) is 0.760. The summed E-state index contributed by atoms with van der Waals surface area (Å²) in [6, 6.07) is 1.62. The zero-order valence-corrected chi connectivity index (χ0v) is 11.3. The third-order valence-electron chi connectivity index (χ3n) is 3.84. The second-order valence-corrected chi connectivity index (χ2v) is 5.94. The molecule has 1 heterocycles. The van der Waals surface area contributed by atoms with Crippen molar-refractivity contribution in [1.82, 2.24) is 9.97 Å². The standard InChI is InChI=1S/C13H21N3O2/c1-7(2)12-15-10(6-11(18)16-12)14-8-5-9(17)13(8,3)4/h6-9,17H,5H2,1-4H3,(H2,14,15,16,18). The Bertz CT molecular complexity index is 493. The summed E-state index contributed by atoms with van der Waals surface area (Å²) in [5.41, 5.74) is -0.323. The van der Waals surface area contributed by atoms with Gasteiger partial charge in [-0.25, -0.2) is 4.98 Å². The number of aliphatic hydroxyl groups excluding tert-OH is 1. The van der Waals surface area contributed by atoms with Crippen LogP contribution in [-0.2, 0) is 0 Å². The minimum Gasteiger partial charge on any atom is -0.392 e. The Balaban J connectivity index is 2.18. The van der Waals surface area contributed by atoms with Crippen LogP contribution in [0.15, 0.2) is 10.9 Å². The molecule has 3 N–H and O–H groups in total. The van der Waals surface area contributed by atoms with Crippen LogP contribution in [0.3, 0.4) is 0 Å². The van der Waals surface area contributed by atoms with Crippen molar-refractivity contribution in [3.63, 3.8) is 0 Å². The molecule has 1 aliphatic rings. The molecule has 2 rings (SSSR count). The van der Waals surface area contributed by atoms with Gasteiger partial charge in [0.2, 0.25) is 0 Å². The smallest absolute Gasteiger partial charge is 0.252 e. The van der Waals surface area contributed by atoms with Crippen LogP contribution in [0, 0.1) is 5.41 Å². The summed E-state index contributed by atoms with van der Waals surface area (Å²) in [5.74, 6) is 1.45. The van der Waals surface area contributed by atoms with E-state index in [4.69, 9.17) is 0 Å². The Morgan fingerprint density at radius 1 is 1.56 bits per heavy atom. The fourth-order valence-corrected chi connectivity index (χ4v) is 2.15. The van der Waals surface area contributed by atoms with Gasteiger partial charge in [0.25, 0.3) is 5.56 Å². The Morgan fingerprint density at radius 3 is 2.72 bits per heavy atom. The molecule has 1 aliphatic carbocycles. The number of H-pyrrole nitrogens is 1. The van der Waals surface area contributed by atoms with E-state index in [9.17, 15) is 9.90 Å². The number of hydrogen-bond donors (Lipinski definition) is 3. The number of nitrogens with zero attached hydrogens (tertiary/aromatic N) is 1. The summed E-state index contributed by atoms with van der Waals surface area (Å²) in [6.45, 7) is 7.99. The first-order chi connectivity index (χ1) is 8.30. The van der Waals surface area contributed by atoms with Crippen molar-refractivity contribution in [2.24, 2.45) is 5.41 Å². The monoisotopic (exact) mass is 251 g/mol. The highest BCUT2D eigenvalue weighted by Crippen LogP contribution is 2.41. The molecular weight excluding hydrogens is 230 g/mol. The van der Waals surface area contributed by atoms with E-state index in [-0.39, 0.29) is 29.0 Å². The highest BCUT2D eigenvalue weighted by atomic mass is 16.3. The summed E-state index contributed by atoms with van der Waals surface area (Å²) in [4.78, 5) is 18.7. The normalized spacial score (nSPS) is 25.9. The first-order valence-electron chi connectivity index (χ1n) is 6.36. The zero-order valence-electron chi connectivity index (χ0n) is 11.3. The molecule has 1 aromatic rings. The van der Waals surface area contributed by atoms with Crippen molar-refractivity contribution >= 4 is 5.82 Å². The van der Waals surface area contributed by atoms with Crippen LogP contribution in [0.4, 0.5) is 5.82 Å². The number of anilines is 1. The van der Waals surface area contributed by atoms with E-state index >= 15 is 0 Å². The lowest BCUT2D eigenvalue weighted by Gasteiger charge is -2.49. The van der Waals surface area contributed by atoms with Gasteiger partial charge in [0.05, 0.1) is 6.10 Å². The van der Waals surface area contributed by atoms with Crippen LogP contribution in [0.25, 0.3) is 0 Å². The van der Waals surface area contributed by atoms with Gasteiger partial charge in [-0.05, 0) is 6.42 Å². The maximum Gasteiger partial charge on any atom is 0.252 e. The average Bonchev–Trinajstić information content (AvgIpc) is 2.28. The minimum atomic E-state index is -0.290. The average molecular weight is 251 g/mol. The molecule has 0 bridgehead atoms. The molecular formula is C13H21N3O2. The molecule has 18 heavy (non-hydrogen) atoms. The molecule has 0 amide bonds. The molecule has 1 fully saturated rings. The Kier molecular flexibility index (Phi) is 3.19. The van der Waals surface area contributed by atoms with Crippen LogP contribution in [0.2, 0.25) is 0 Å². The second-order valence-electron chi connectivity index (χ2n) is 5.94. The number of hydrogen-bond acceptors (Lipinski definition) is 4. The Morgan fingerprint density at radius 2 is 2.22 bits per heavy atom. The van der Waals surface area contributed by atoms with Crippen molar-refractivity contribution in [3.05, 3.63) is 22.2 Å². The van der Waals surface area contributed by atoms with Crippen molar-refractivity contribution in [2.75, 3.05) is 5.32 Å². The fraction of sp³-hybridized carbons (Fsp3) is 0.692. The zero-order chi connectivity index (χ0) is 13.5. The predicted molar refractivity (Wildman–Crippen MR) is 70.8 cm³/mol. The van der Waals surface area contributed by atoms with Crippen molar-refractivity contribution < 1.29 is 5.11 Å². The number of nitrogens with one attached hydrogen (secondary N) is 2. The SMILES string of the molecule is CC(C)c1nc(NC2CC(O)C2(C)C)cc(=O)[nH]1. The van der Waals surface area contributed by atoms with E-state index in [2.05, 4.69) is 15.3 Å². The van der Waals surface area contributed by atoms with Gasteiger partial charge in [0.15, 0.2) is 0 Å². The third kappa shape index (κ3) is 2.27. The van der Waals surface area contributed by atoms with Crippen LogP contribution in [0.1, 0.15) is 45.9 Å². The van der Waals surface area contributed by atoms with Gasteiger partial charge in [0, 0.05) is 23.4 Å². The summed E-state index contributed by atoms with van der Waals surface area (Å²) in [5, 5.41) is 12.9. The number of aliphatic hydroxyl groups is 1. The van der Waals surface area contributed by atoms with Crippen molar-refractivity contribution in [2.45, 2.75) is 52.2 Å². The Hall–Kier alpha value is -1.36. The number of aromatic amines is 1. The molecule has 2 atom stereocenters. The van der Waals surface area contributed by atoms with Gasteiger partial charge in [-0.2, -0.15) is 0 Å². The Labute approximate surface area is 107 Å². The maximum absolute atomic E-state index is 11.5. The first kappa shape index (κ1) is 13.1. The molecule has 1 aromatic heterocycles. The molecule has 0 saturated heterocycles. The topological polar surface area (TPSA) is 78.0 Å². The van der Waals surface area contributed by atoms with E-state index in [0.29, 0.717) is 18.1 Å². The third-order valence-corrected chi connectivity index (χ3v) is 3.84. The lowest BCUT2D eigenvalue weighted by molar-refractivity contribution is -0.0511. The highest BCUT2D eigenvalue weighted by molar-refractivity contribution is 5.37. The summed E-state index contributed by atoms with van der Waals surface area (Å²) in [6.07, 6.45) is 0.403. The summed E-state index contributed by atoms with van der Waals surface area (Å²) < 4.78 is 0. The van der Waals surface area contributed by atoms with Crippen molar-refractivity contribution in [3.8, 4) is 0 Å². The summed E-state index contributed by atoms with van der Waals surface area (Å²) in [7, 11) is 0. The van der Waals surface area contributed by atoms with Crippen LogP contribution in [0.5, 0.6) is 0 Å². The van der Waals surface area contributed by atoms with Crippen LogP contribution < -0.4 is 10.9 Å². The molecule has 0 aliphatic heterocycles. The molecule has 5 nitrogen and oxygen atoms in total. The van der Waals surface area contributed by atoms with E-state index in [0.717, 1.165) is 0 Å². The highest BCUT2D eigenvalue weighted by Gasteiger charge is 2.47. The molecule has 0 aromatic carbocycles. The van der Waals surface area contributed by atoms with Gasteiger partial charge < -0.3 is 15.4 Å². The molecule has 0 radical (unpaired) electrons. The molecule has 100 valence electrons. The van der Waals surface area contributed by atoms with Crippen LogP contribution >= 0.6 is 0 Å². The fourth-order valence-electron chi connectivity index (χ4n) is 2.15. The first-order valence-corrected chi connectivity index (χ1v) is 6.36. The second kappa shape index (κ2) is 4.39. The summed E-state index contributed by atoms with van der Waals surface area (Å²) >= 11 is 0. The number of rotatable bonds is 3. The lowest BCUT2D eigenvalue weighted by Crippen LogP contribution is -2.57. The maximum atomic E-state index is 11.5. The number of aromatic nitrogens is 2. The van der Waals surface area contributed by atoms with Gasteiger partial charge in [-0.1, -0.05) is 27.7 Å². The van der Waals surface area contributed by atoms with Crippen LogP contribution in [-0.4, -0.2) is 27.2 Å². The van der Waals surface area contributed by atoms with E-state index < -0.39 is 0 Å². The van der Waals surface area contributed by atoms with E-state index in [1.54, 1.807) is 0 Å².